The van der Waals surface area contributed by atoms with Crippen molar-refractivity contribution in [1.29, 1.82) is 0 Å². The molecular formula is C17H22N4OS. The van der Waals surface area contributed by atoms with Gasteiger partial charge in [0.05, 0.1) is 10.7 Å². The molecule has 5 nitrogen and oxygen atoms in total. The van der Waals surface area contributed by atoms with Crippen LogP contribution in [0.3, 0.4) is 0 Å². The Morgan fingerprint density at radius 3 is 2.52 bits per heavy atom. The molecular weight excluding hydrogens is 308 g/mol. The second-order valence-electron chi connectivity index (χ2n) is 6.09. The minimum Gasteiger partial charge on any atom is -0.353 e. The molecule has 1 aliphatic rings. The first-order valence-electron chi connectivity index (χ1n) is 7.99. The van der Waals surface area contributed by atoms with Gasteiger partial charge in [-0.05, 0) is 19.1 Å². The predicted octanol–water partition coefficient (Wildman–Crippen LogP) is 2.93. The lowest BCUT2D eigenvalue weighted by molar-refractivity contribution is 0.0750. The number of carbonyl (C=O) groups is 1. The van der Waals surface area contributed by atoms with E-state index < -0.39 is 0 Å². The van der Waals surface area contributed by atoms with Crippen molar-refractivity contribution in [2.24, 2.45) is 0 Å². The third kappa shape index (κ3) is 3.37. The van der Waals surface area contributed by atoms with Gasteiger partial charge in [0.1, 0.15) is 10.7 Å². The lowest BCUT2D eigenvalue weighted by Crippen LogP contribution is -2.49. The molecule has 0 atom stereocenters. The monoisotopic (exact) mass is 330 g/mol. The quantitative estimate of drug-likeness (QED) is 0.868. The number of hydrogen-bond acceptors (Lipinski definition) is 5. The normalized spacial score (nSPS) is 15.3. The SMILES string of the molecule is Cc1nc(C(C)C)sc1C(=O)N1CCN(c2ccccn2)CC1. The molecule has 0 unspecified atom stereocenters. The van der Waals surface area contributed by atoms with Gasteiger partial charge >= 0.3 is 0 Å². The Morgan fingerprint density at radius 2 is 1.96 bits per heavy atom. The number of carbonyl (C=O) groups excluding carboxylic acids is 1. The van der Waals surface area contributed by atoms with Crippen LogP contribution in [0.2, 0.25) is 0 Å². The van der Waals surface area contributed by atoms with Crippen molar-refractivity contribution in [3.05, 3.63) is 40.0 Å². The van der Waals surface area contributed by atoms with E-state index in [0.717, 1.165) is 47.6 Å². The molecule has 2 aromatic rings. The van der Waals surface area contributed by atoms with Crippen LogP contribution in [0.15, 0.2) is 24.4 Å². The third-order valence-corrected chi connectivity index (χ3v) is 5.49. The van der Waals surface area contributed by atoms with Crippen molar-refractivity contribution in [3.8, 4) is 0 Å². The molecule has 6 heteroatoms. The standard InChI is InChI=1S/C17H22N4OS/c1-12(2)16-19-13(3)15(23-16)17(22)21-10-8-20(9-11-21)14-6-4-5-7-18-14/h4-7,12H,8-11H2,1-3H3. The second kappa shape index (κ2) is 6.66. The fraction of sp³-hybridized carbons (Fsp3) is 0.471. The zero-order chi connectivity index (χ0) is 16.4. The molecule has 0 spiro atoms. The first kappa shape index (κ1) is 15.9. The molecule has 1 aliphatic heterocycles. The van der Waals surface area contributed by atoms with Crippen LogP contribution in [0.1, 0.15) is 40.1 Å². The van der Waals surface area contributed by atoms with E-state index in [1.165, 1.54) is 11.3 Å². The van der Waals surface area contributed by atoms with Crippen LogP contribution in [0.25, 0.3) is 0 Å². The fourth-order valence-electron chi connectivity index (χ4n) is 2.69. The molecule has 3 rings (SSSR count). The fourth-order valence-corrected chi connectivity index (χ4v) is 3.72. The largest absolute Gasteiger partial charge is 0.353 e. The Hall–Kier alpha value is -1.95. The summed E-state index contributed by atoms with van der Waals surface area (Å²) in [5.74, 6) is 1.46. The Labute approximate surface area is 141 Å². The summed E-state index contributed by atoms with van der Waals surface area (Å²) in [6, 6.07) is 5.93. The predicted molar refractivity (Wildman–Crippen MR) is 93.3 cm³/mol. The molecule has 3 heterocycles. The molecule has 1 saturated heterocycles. The number of anilines is 1. The van der Waals surface area contributed by atoms with Crippen LogP contribution >= 0.6 is 11.3 Å². The lowest BCUT2D eigenvalue weighted by Gasteiger charge is -2.35. The van der Waals surface area contributed by atoms with Crippen molar-refractivity contribution < 1.29 is 4.79 Å². The highest BCUT2D eigenvalue weighted by atomic mass is 32.1. The van der Waals surface area contributed by atoms with Crippen molar-refractivity contribution in [2.45, 2.75) is 26.7 Å². The van der Waals surface area contributed by atoms with Crippen molar-refractivity contribution in [1.82, 2.24) is 14.9 Å². The molecule has 0 N–H and O–H groups in total. The number of nitrogens with zero attached hydrogens (tertiary/aromatic N) is 4. The number of hydrogen-bond donors (Lipinski definition) is 0. The van der Waals surface area contributed by atoms with Gasteiger partial charge in [0.2, 0.25) is 0 Å². The van der Waals surface area contributed by atoms with Gasteiger partial charge in [0.25, 0.3) is 5.91 Å². The van der Waals surface area contributed by atoms with Crippen LogP contribution in [0, 0.1) is 6.92 Å². The average molecular weight is 330 g/mol. The first-order valence-corrected chi connectivity index (χ1v) is 8.80. The van der Waals surface area contributed by atoms with E-state index in [-0.39, 0.29) is 5.91 Å². The summed E-state index contributed by atoms with van der Waals surface area (Å²) in [7, 11) is 0. The van der Waals surface area contributed by atoms with Gasteiger partial charge in [-0.1, -0.05) is 19.9 Å². The van der Waals surface area contributed by atoms with Gasteiger partial charge in [-0.25, -0.2) is 9.97 Å². The van der Waals surface area contributed by atoms with Gasteiger partial charge in [-0.3, -0.25) is 4.79 Å². The molecule has 0 saturated carbocycles. The van der Waals surface area contributed by atoms with Gasteiger partial charge in [-0.2, -0.15) is 0 Å². The summed E-state index contributed by atoms with van der Waals surface area (Å²) < 4.78 is 0. The van der Waals surface area contributed by atoms with Crippen LogP contribution in [0.5, 0.6) is 0 Å². The molecule has 23 heavy (non-hydrogen) atoms. The van der Waals surface area contributed by atoms with Crippen LogP contribution in [-0.2, 0) is 0 Å². The van der Waals surface area contributed by atoms with Crippen molar-refractivity contribution >= 4 is 23.1 Å². The minimum atomic E-state index is 0.118. The van der Waals surface area contributed by atoms with Crippen molar-refractivity contribution in [2.75, 3.05) is 31.1 Å². The molecule has 2 aromatic heterocycles. The zero-order valence-corrected chi connectivity index (χ0v) is 14.6. The number of aromatic nitrogens is 2. The Kier molecular flexibility index (Phi) is 4.61. The van der Waals surface area contributed by atoms with Crippen LogP contribution < -0.4 is 4.90 Å². The number of pyridine rings is 1. The maximum absolute atomic E-state index is 12.8. The van der Waals surface area contributed by atoms with E-state index in [4.69, 9.17) is 0 Å². The average Bonchev–Trinajstić information content (AvgIpc) is 2.97. The van der Waals surface area contributed by atoms with Gasteiger partial charge in [-0.15, -0.1) is 11.3 Å². The minimum absolute atomic E-state index is 0.118. The number of thiazole rings is 1. The lowest BCUT2D eigenvalue weighted by atomic mass is 10.2. The zero-order valence-electron chi connectivity index (χ0n) is 13.8. The van der Waals surface area contributed by atoms with E-state index >= 15 is 0 Å². The number of aryl methyl sites for hydroxylation is 1. The molecule has 1 fully saturated rings. The number of rotatable bonds is 3. The Bertz CT molecular complexity index is 675. The summed E-state index contributed by atoms with van der Waals surface area (Å²) in [4.78, 5) is 26.6. The summed E-state index contributed by atoms with van der Waals surface area (Å²) in [5.41, 5.74) is 0.857. The Balaban J connectivity index is 1.67. The van der Waals surface area contributed by atoms with Crippen molar-refractivity contribution in [3.63, 3.8) is 0 Å². The van der Waals surface area contributed by atoms with Crippen LogP contribution in [-0.4, -0.2) is 47.0 Å². The van der Waals surface area contributed by atoms with Gasteiger partial charge in [0, 0.05) is 38.3 Å². The molecule has 0 radical (unpaired) electrons. The topological polar surface area (TPSA) is 49.3 Å². The van der Waals surface area contributed by atoms with E-state index in [9.17, 15) is 4.79 Å². The summed E-state index contributed by atoms with van der Waals surface area (Å²) in [6.07, 6.45) is 1.81. The maximum atomic E-state index is 12.8. The highest BCUT2D eigenvalue weighted by Crippen LogP contribution is 2.26. The summed E-state index contributed by atoms with van der Waals surface area (Å²) in [6.45, 7) is 9.23. The maximum Gasteiger partial charge on any atom is 0.265 e. The van der Waals surface area contributed by atoms with E-state index in [1.807, 2.05) is 30.0 Å². The van der Waals surface area contributed by atoms with E-state index in [2.05, 4.69) is 28.7 Å². The molecule has 1 amide bonds. The molecule has 0 aliphatic carbocycles. The summed E-state index contributed by atoms with van der Waals surface area (Å²) in [5, 5.41) is 1.04. The second-order valence-corrected chi connectivity index (χ2v) is 7.12. The van der Waals surface area contributed by atoms with E-state index in [0.29, 0.717) is 5.92 Å². The molecule has 122 valence electrons. The molecule has 0 aromatic carbocycles. The van der Waals surface area contributed by atoms with Crippen LogP contribution in [0.4, 0.5) is 5.82 Å². The highest BCUT2D eigenvalue weighted by molar-refractivity contribution is 7.13. The van der Waals surface area contributed by atoms with Gasteiger partial charge < -0.3 is 9.80 Å². The smallest absolute Gasteiger partial charge is 0.265 e. The summed E-state index contributed by atoms with van der Waals surface area (Å²) >= 11 is 1.54. The number of piperazine rings is 1. The highest BCUT2D eigenvalue weighted by Gasteiger charge is 2.26. The van der Waals surface area contributed by atoms with E-state index in [1.54, 1.807) is 6.20 Å². The van der Waals surface area contributed by atoms with Gasteiger partial charge in [0.15, 0.2) is 0 Å². The Morgan fingerprint density at radius 1 is 1.22 bits per heavy atom. The first-order chi connectivity index (χ1) is 11.1. The number of amides is 1. The molecule has 0 bridgehead atoms. The third-order valence-electron chi connectivity index (χ3n) is 4.04.